The van der Waals surface area contributed by atoms with Gasteiger partial charge in [-0.3, -0.25) is 9.59 Å². The lowest BCUT2D eigenvalue weighted by Gasteiger charge is -2.52. The highest BCUT2D eigenvalue weighted by atomic mass is 16.5. The summed E-state index contributed by atoms with van der Waals surface area (Å²) in [5.41, 5.74) is -1.81. The summed E-state index contributed by atoms with van der Waals surface area (Å²) in [6.07, 6.45) is 2.30. The largest absolute Gasteiger partial charge is 0.464 e. The first kappa shape index (κ1) is 19.4. The Hall–Kier alpha value is -0.940. The molecule has 0 aromatic rings. The Labute approximate surface area is 145 Å². The van der Waals surface area contributed by atoms with Gasteiger partial charge in [-0.2, -0.15) is 0 Å². The van der Waals surface area contributed by atoms with E-state index in [4.69, 9.17) is 9.47 Å². The number of ether oxygens (including phenoxy) is 2. The number of carbonyl (C=O) groups excluding carboxylic acids is 2. The fraction of sp³-hybridized carbons (Fsp3) is 0.895. The van der Waals surface area contributed by atoms with Crippen LogP contribution in [0.3, 0.4) is 0 Å². The van der Waals surface area contributed by atoms with Crippen LogP contribution in [0.25, 0.3) is 0 Å². The van der Waals surface area contributed by atoms with E-state index in [2.05, 4.69) is 6.92 Å². The smallest absolute Gasteiger partial charge is 0.311 e. The third-order valence-electron chi connectivity index (χ3n) is 5.63. The number of esters is 1. The number of fused-ring (bicyclic) bond motifs is 1. The number of carbonyl (C=O) groups is 2. The number of ketones is 1. The third kappa shape index (κ3) is 3.83. The molecule has 5 heteroatoms. The number of hydrogen-bond acceptors (Lipinski definition) is 5. The highest BCUT2D eigenvalue weighted by molar-refractivity contribution is 5.83. The van der Waals surface area contributed by atoms with Crippen LogP contribution < -0.4 is 0 Å². The lowest BCUT2D eigenvalue weighted by Crippen LogP contribution is -2.57. The van der Waals surface area contributed by atoms with Crippen molar-refractivity contribution in [3.63, 3.8) is 0 Å². The second-order valence-corrected chi connectivity index (χ2v) is 9.22. The maximum atomic E-state index is 12.5. The summed E-state index contributed by atoms with van der Waals surface area (Å²) in [7, 11) is 0. The molecule has 0 aromatic carbocycles. The molecule has 0 bridgehead atoms. The molecule has 0 aromatic heterocycles. The van der Waals surface area contributed by atoms with Gasteiger partial charge in [0.05, 0.1) is 29.1 Å². The zero-order valence-corrected chi connectivity index (χ0v) is 15.8. The van der Waals surface area contributed by atoms with Crippen LogP contribution in [0.2, 0.25) is 0 Å². The standard InChI is InChI=1S/C19H32O5/c1-17(2,3)16(21)23-11-12-13(20)7-8-15-19(12,6)10-9-14(24-15)18(4,5)22/h12,14-15,22H,7-11H2,1-6H3/t12-,14-,15-,19-/m1/s1. The molecule has 1 N–H and O–H groups in total. The minimum atomic E-state index is -0.892. The molecule has 1 saturated heterocycles. The van der Waals surface area contributed by atoms with E-state index in [9.17, 15) is 14.7 Å². The quantitative estimate of drug-likeness (QED) is 0.800. The van der Waals surface area contributed by atoms with Gasteiger partial charge in [0.2, 0.25) is 0 Å². The summed E-state index contributed by atoms with van der Waals surface area (Å²) in [4.78, 5) is 24.6. The van der Waals surface area contributed by atoms with Crippen LogP contribution in [-0.2, 0) is 19.1 Å². The van der Waals surface area contributed by atoms with Crippen molar-refractivity contribution in [1.82, 2.24) is 0 Å². The minimum Gasteiger partial charge on any atom is -0.464 e. The van der Waals surface area contributed by atoms with Crippen molar-refractivity contribution in [1.29, 1.82) is 0 Å². The van der Waals surface area contributed by atoms with E-state index in [1.165, 1.54) is 0 Å². The summed E-state index contributed by atoms with van der Waals surface area (Å²) < 4.78 is 11.6. The Bertz CT molecular complexity index is 499. The molecule has 1 saturated carbocycles. The number of hydrogen-bond donors (Lipinski definition) is 1. The molecular formula is C19H32O5. The Balaban J connectivity index is 2.11. The summed E-state index contributed by atoms with van der Waals surface area (Å²) in [5.74, 6) is -0.460. The molecule has 1 aliphatic heterocycles. The lowest BCUT2D eigenvalue weighted by molar-refractivity contribution is -0.212. The molecule has 5 nitrogen and oxygen atoms in total. The van der Waals surface area contributed by atoms with Gasteiger partial charge in [-0.1, -0.05) is 6.92 Å². The van der Waals surface area contributed by atoms with E-state index in [-0.39, 0.29) is 41.9 Å². The van der Waals surface area contributed by atoms with E-state index >= 15 is 0 Å². The van der Waals surface area contributed by atoms with E-state index in [0.717, 1.165) is 6.42 Å². The van der Waals surface area contributed by atoms with Crippen molar-refractivity contribution >= 4 is 11.8 Å². The maximum absolute atomic E-state index is 12.5. The minimum absolute atomic E-state index is 0.0845. The molecule has 0 amide bonds. The first-order valence-corrected chi connectivity index (χ1v) is 8.93. The van der Waals surface area contributed by atoms with Gasteiger partial charge in [-0.25, -0.2) is 0 Å². The van der Waals surface area contributed by atoms with Crippen LogP contribution in [-0.4, -0.2) is 41.3 Å². The van der Waals surface area contributed by atoms with Crippen molar-refractivity contribution < 1.29 is 24.2 Å². The summed E-state index contributed by atoms with van der Waals surface area (Å²) in [6, 6.07) is 0. The lowest BCUT2D eigenvalue weighted by atomic mass is 9.61. The molecule has 2 fully saturated rings. The molecule has 2 rings (SSSR count). The topological polar surface area (TPSA) is 72.8 Å². The van der Waals surface area contributed by atoms with E-state index in [1.807, 2.05) is 0 Å². The maximum Gasteiger partial charge on any atom is 0.311 e. The molecule has 138 valence electrons. The van der Waals surface area contributed by atoms with Crippen molar-refractivity contribution in [3.05, 3.63) is 0 Å². The molecule has 2 aliphatic rings. The fourth-order valence-corrected chi connectivity index (χ4v) is 3.82. The molecule has 24 heavy (non-hydrogen) atoms. The summed E-state index contributed by atoms with van der Waals surface area (Å²) in [6.45, 7) is 11.1. The predicted octanol–water partition coefficient (Wildman–Crippen LogP) is 2.88. The normalized spacial score (nSPS) is 34.6. The first-order chi connectivity index (χ1) is 10.9. The molecule has 1 heterocycles. The molecule has 4 atom stereocenters. The summed E-state index contributed by atoms with van der Waals surface area (Å²) >= 11 is 0. The fourth-order valence-electron chi connectivity index (χ4n) is 3.82. The van der Waals surface area contributed by atoms with Crippen molar-refractivity contribution in [2.75, 3.05) is 6.61 Å². The summed E-state index contributed by atoms with van der Waals surface area (Å²) in [5, 5.41) is 10.2. The zero-order valence-electron chi connectivity index (χ0n) is 15.8. The molecule has 1 aliphatic carbocycles. The van der Waals surface area contributed by atoms with Gasteiger partial charge in [-0.05, 0) is 53.9 Å². The van der Waals surface area contributed by atoms with E-state index in [1.54, 1.807) is 34.6 Å². The second-order valence-electron chi connectivity index (χ2n) is 9.22. The third-order valence-corrected chi connectivity index (χ3v) is 5.63. The van der Waals surface area contributed by atoms with Crippen LogP contribution in [0.15, 0.2) is 0 Å². The number of aliphatic hydroxyl groups is 1. The predicted molar refractivity (Wildman–Crippen MR) is 90.4 cm³/mol. The average Bonchev–Trinajstić information content (AvgIpc) is 2.43. The molecule has 0 radical (unpaired) electrons. The number of Topliss-reactive ketones (excluding diaryl/α,β-unsaturated/α-hetero) is 1. The van der Waals surface area contributed by atoms with Crippen LogP contribution in [0.4, 0.5) is 0 Å². The van der Waals surface area contributed by atoms with Gasteiger partial charge in [0.15, 0.2) is 0 Å². The molecule has 0 unspecified atom stereocenters. The Morgan fingerprint density at radius 1 is 1.29 bits per heavy atom. The Morgan fingerprint density at radius 3 is 2.46 bits per heavy atom. The van der Waals surface area contributed by atoms with Crippen LogP contribution >= 0.6 is 0 Å². The van der Waals surface area contributed by atoms with Gasteiger partial charge >= 0.3 is 5.97 Å². The van der Waals surface area contributed by atoms with Gasteiger partial charge in [0.1, 0.15) is 12.4 Å². The monoisotopic (exact) mass is 340 g/mol. The van der Waals surface area contributed by atoms with Crippen LogP contribution in [0.1, 0.15) is 67.2 Å². The second kappa shape index (κ2) is 6.41. The SMILES string of the molecule is CC(C)(C)C(=O)OC[C@@H]1C(=O)CC[C@H]2O[C@@H](C(C)(C)O)CC[C@]12C. The van der Waals surface area contributed by atoms with E-state index in [0.29, 0.717) is 19.3 Å². The Kier molecular flexibility index (Phi) is 5.18. The van der Waals surface area contributed by atoms with Gasteiger partial charge in [0.25, 0.3) is 0 Å². The Morgan fingerprint density at radius 2 is 1.92 bits per heavy atom. The highest BCUT2D eigenvalue weighted by Crippen LogP contribution is 2.49. The zero-order chi connectivity index (χ0) is 18.3. The first-order valence-electron chi connectivity index (χ1n) is 8.93. The van der Waals surface area contributed by atoms with Gasteiger partial charge in [-0.15, -0.1) is 0 Å². The van der Waals surface area contributed by atoms with Crippen LogP contribution in [0.5, 0.6) is 0 Å². The van der Waals surface area contributed by atoms with Gasteiger partial charge < -0.3 is 14.6 Å². The van der Waals surface area contributed by atoms with E-state index < -0.39 is 11.0 Å². The average molecular weight is 340 g/mol. The van der Waals surface area contributed by atoms with Crippen molar-refractivity contribution in [2.45, 2.75) is 85.0 Å². The number of rotatable bonds is 3. The molecular weight excluding hydrogens is 308 g/mol. The highest BCUT2D eigenvalue weighted by Gasteiger charge is 2.53. The molecule has 0 spiro atoms. The van der Waals surface area contributed by atoms with Gasteiger partial charge in [0, 0.05) is 11.8 Å². The van der Waals surface area contributed by atoms with Crippen LogP contribution in [0, 0.1) is 16.7 Å². The van der Waals surface area contributed by atoms with Crippen molar-refractivity contribution in [3.8, 4) is 0 Å². The van der Waals surface area contributed by atoms with Crippen molar-refractivity contribution in [2.24, 2.45) is 16.7 Å².